The summed E-state index contributed by atoms with van der Waals surface area (Å²) in [6, 6.07) is 7.59. The van der Waals surface area contributed by atoms with Gasteiger partial charge in [-0.3, -0.25) is 9.97 Å². The topological polar surface area (TPSA) is 60.8 Å². The molecule has 4 aromatic rings. The molecule has 4 aromatic heterocycles. The van der Waals surface area contributed by atoms with E-state index in [0.29, 0.717) is 17.5 Å². The molecule has 0 aliphatic heterocycles. The third kappa shape index (κ3) is 2.55. The third-order valence-corrected chi connectivity index (χ3v) is 5.49. The lowest BCUT2D eigenvalue weighted by molar-refractivity contribution is 0.466. The Hall–Kier alpha value is -2.86. The Labute approximate surface area is 148 Å². The van der Waals surface area contributed by atoms with Crippen LogP contribution in [0.25, 0.3) is 21.6 Å². The molecule has 4 heterocycles. The number of hydrogen-bond donors (Lipinski definition) is 0. The number of rotatable bonds is 3. The zero-order valence-electron chi connectivity index (χ0n) is 13.3. The maximum Gasteiger partial charge on any atom is 0.232 e. The molecule has 6 heteroatoms. The van der Waals surface area contributed by atoms with Gasteiger partial charge in [-0.15, -0.1) is 11.3 Å². The first kappa shape index (κ1) is 14.5. The lowest BCUT2D eigenvalue weighted by atomic mass is 10.2. The Morgan fingerprint density at radius 1 is 0.960 bits per heavy atom. The van der Waals surface area contributed by atoms with Gasteiger partial charge in [0.05, 0.1) is 11.6 Å². The quantitative estimate of drug-likeness (QED) is 0.549. The first-order valence-electron chi connectivity index (χ1n) is 8.19. The summed E-state index contributed by atoms with van der Waals surface area (Å²) < 4.78 is 6.11. The van der Waals surface area contributed by atoms with Gasteiger partial charge in [-0.1, -0.05) is 0 Å². The second kappa shape index (κ2) is 5.89. The molecule has 0 unspecified atom stereocenters. The minimum atomic E-state index is 0.608. The van der Waals surface area contributed by atoms with Crippen LogP contribution in [0.4, 0.5) is 0 Å². The minimum Gasteiger partial charge on any atom is -0.437 e. The molecule has 1 aliphatic rings. The molecule has 0 atom stereocenters. The summed E-state index contributed by atoms with van der Waals surface area (Å²) in [6.45, 7) is 0. The number of nitrogens with zero attached hydrogens (tertiary/aromatic N) is 4. The lowest BCUT2D eigenvalue weighted by Crippen LogP contribution is -1.96. The molecule has 25 heavy (non-hydrogen) atoms. The molecule has 0 radical (unpaired) electrons. The fourth-order valence-electron chi connectivity index (χ4n) is 3.18. The van der Waals surface area contributed by atoms with Crippen molar-refractivity contribution in [1.82, 2.24) is 19.9 Å². The minimum absolute atomic E-state index is 0.608. The van der Waals surface area contributed by atoms with E-state index in [2.05, 4.69) is 9.97 Å². The maximum atomic E-state index is 6.11. The predicted molar refractivity (Wildman–Crippen MR) is 97.0 cm³/mol. The highest BCUT2D eigenvalue weighted by molar-refractivity contribution is 7.19. The van der Waals surface area contributed by atoms with E-state index in [-0.39, 0.29) is 0 Å². The Morgan fingerprint density at radius 2 is 1.84 bits per heavy atom. The average Bonchev–Trinajstić information content (AvgIpc) is 3.24. The van der Waals surface area contributed by atoms with E-state index in [1.54, 1.807) is 36.1 Å². The summed E-state index contributed by atoms with van der Waals surface area (Å²) in [5.74, 6) is 1.92. The molecule has 0 N–H and O–H groups in total. The van der Waals surface area contributed by atoms with Crippen molar-refractivity contribution in [3.05, 3.63) is 59.5 Å². The van der Waals surface area contributed by atoms with Crippen LogP contribution < -0.4 is 4.74 Å². The van der Waals surface area contributed by atoms with Crippen LogP contribution in [0.15, 0.2) is 49.1 Å². The fourth-order valence-corrected chi connectivity index (χ4v) is 4.43. The molecule has 5 rings (SSSR count). The van der Waals surface area contributed by atoms with Crippen molar-refractivity contribution < 1.29 is 4.74 Å². The van der Waals surface area contributed by atoms with Crippen molar-refractivity contribution >= 4 is 21.6 Å². The van der Waals surface area contributed by atoms with E-state index in [9.17, 15) is 0 Å². The van der Waals surface area contributed by atoms with Crippen molar-refractivity contribution in [2.24, 2.45) is 0 Å². The molecule has 0 spiro atoms. The van der Waals surface area contributed by atoms with Crippen LogP contribution in [0.1, 0.15) is 16.9 Å². The van der Waals surface area contributed by atoms with Gasteiger partial charge in [-0.2, -0.15) is 4.98 Å². The second-order valence-corrected chi connectivity index (χ2v) is 7.01. The largest absolute Gasteiger partial charge is 0.437 e. The molecule has 0 aromatic carbocycles. The van der Waals surface area contributed by atoms with Crippen molar-refractivity contribution in [1.29, 1.82) is 0 Å². The molecule has 0 saturated heterocycles. The highest BCUT2D eigenvalue weighted by Gasteiger charge is 2.23. The molecule has 0 fully saturated rings. The van der Waals surface area contributed by atoms with E-state index in [1.807, 2.05) is 24.3 Å². The standard InChI is InChI=1S/C19H14N4OS/c1-6-14-15(7-1)25-19-16(14)18(24-13-5-3-9-21-11-13)22-17(23-19)12-4-2-8-20-10-12/h2-5,8-11H,1,6-7H2. The van der Waals surface area contributed by atoms with Gasteiger partial charge in [0.25, 0.3) is 0 Å². The first-order valence-corrected chi connectivity index (χ1v) is 9.01. The Kier molecular flexibility index (Phi) is 3.41. The summed E-state index contributed by atoms with van der Waals surface area (Å²) in [5, 5.41) is 1.05. The highest BCUT2D eigenvalue weighted by Crippen LogP contribution is 2.42. The van der Waals surface area contributed by atoms with Crippen molar-refractivity contribution in [2.45, 2.75) is 19.3 Å². The van der Waals surface area contributed by atoms with Crippen LogP contribution in [0.3, 0.4) is 0 Å². The zero-order valence-corrected chi connectivity index (χ0v) is 14.2. The summed E-state index contributed by atoms with van der Waals surface area (Å²) in [5.41, 5.74) is 2.23. The Bertz CT molecular complexity index is 1050. The molecule has 0 amide bonds. The summed E-state index contributed by atoms with van der Waals surface area (Å²) in [6.07, 6.45) is 10.3. The van der Waals surface area contributed by atoms with E-state index in [1.165, 1.54) is 16.9 Å². The molecule has 5 nitrogen and oxygen atoms in total. The molecule has 122 valence electrons. The predicted octanol–water partition coefficient (Wildman–Crippen LogP) is 4.43. The van der Waals surface area contributed by atoms with Gasteiger partial charge in [-0.25, -0.2) is 4.98 Å². The van der Waals surface area contributed by atoms with Crippen LogP contribution in [0.5, 0.6) is 11.6 Å². The van der Waals surface area contributed by atoms with Gasteiger partial charge in [0.1, 0.15) is 10.6 Å². The lowest BCUT2D eigenvalue weighted by Gasteiger charge is -2.09. The maximum absolute atomic E-state index is 6.11. The van der Waals surface area contributed by atoms with Crippen LogP contribution in [-0.2, 0) is 12.8 Å². The Morgan fingerprint density at radius 3 is 2.64 bits per heavy atom. The molecule has 0 saturated carbocycles. The number of pyridine rings is 2. The molecule has 0 bridgehead atoms. The van der Waals surface area contributed by atoms with Crippen LogP contribution in [0.2, 0.25) is 0 Å². The van der Waals surface area contributed by atoms with Crippen molar-refractivity contribution in [3.8, 4) is 23.0 Å². The van der Waals surface area contributed by atoms with Gasteiger partial charge < -0.3 is 4.74 Å². The number of aryl methyl sites for hydroxylation is 2. The van der Waals surface area contributed by atoms with Gasteiger partial charge in [0.2, 0.25) is 5.88 Å². The van der Waals surface area contributed by atoms with E-state index in [0.717, 1.165) is 28.6 Å². The third-order valence-electron chi connectivity index (χ3n) is 4.30. The van der Waals surface area contributed by atoms with E-state index in [4.69, 9.17) is 14.7 Å². The van der Waals surface area contributed by atoms with Gasteiger partial charge >= 0.3 is 0 Å². The van der Waals surface area contributed by atoms with Crippen LogP contribution >= 0.6 is 11.3 Å². The second-order valence-electron chi connectivity index (χ2n) is 5.92. The monoisotopic (exact) mass is 346 g/mol. The van der Waals surface area contributed by atoms with Gasteiger partial charge in [0, 0.05) is 29.0 Å². The van der Waals surface area contributed by atoms with Gasteiger partial charge in [-0.05, 0) is 49.1 Å². The number of fused-ring (bicyclic) bond motifs is 3. The smallest absolute Gasteiger partial charge is 0.232 e. The average molecular weight is 346 g/mol. The molecular weight excluding hydrogens is 332 g/mol. The molecular formula is C19H14N4OS. The first-order chi connectivity index (χ1) is 12.4. The van der Waals surface area contributed by atoms with Crippen LogP contribution in [-0.4, -0.2) is 19.9 Å². The zero-order chi connectivity index (χ0) is 16.6. The summed E-state index contributed by atoms with van der Waals surface area (Å²) in [7, 11) is 0. The summed E-state index contributed by atoms with van der Waals surface area (Å²) >= 11 is 1.75. The number of thiophene rings is 1. The van der Waals surface area contributed by atoms with E-state index >= 15 is 0 Å². The molecule has 1 aliphatic carbocycles. The van der Waals surface area contributed by atoms with Crippen molar-refractivity contribution in [2.75, 3.05) is 0 Å². The normalized spacial score (nSPS) is 13.1. The number of ether oxygens (including phenoxy) is 1. The number of hydrogen-bond acceptors (Lipinski definition) is 6. The Balaban J connectivity index is 1.72. The highest BCUT2D eigenvalue weighted by atomic mass is 32.1. The SMILES string of the molecule is c1cncc(Oc2nc(-c3cccnc3)nc3sc4c(c23)CCC4)c1. The summed E-state index contributed by atoms with van der Waals surface area (Å²) in [4.78, 5) is 20.2. The van der Waals surface area contributed by atoms with E-state index < -0.39 is 0 Å². The van der Waals surface area contributed by atoms with Crippen LogP contribution in [0, 0.1) is 0 Å². The fraction of sp³-hybridized carbons (Fsp3) is 0.158. The van der Waals surface area contributed by atoms with Crippen molar-refractivity contribution in [3.63, 3.8) is 0 Å². The van der Waals surface area contributed by atoms with Gasteiger partial charge in [0.15, 0.2) is 5.82 Å². The number of aromatic nitrogens is 4.